The van der Waals surface area contributed by atoms with Gasteiger partial charge < -0.3 is 14.8 Å². The molecule has 0 aromatic heterocycles. The molecule has 0 saturated carbocycles. The standard InChI is InChI=1S/C29H29N3O7S2/c1-4-39-24-15-17-25(18-16-24)40(34,35)32-27-8-6-5-7-26(27)29(33)30-22-10-9-20(2)28(19-22)41(36,37)31-21-11-13-23(38-3)14-12-21/h5-19,31-32H,4H2,1-3H3,(H,30,33). The van der Waals surface area contributed by atoms with Crippen LogP contribution < -0.4 is 24.2 Å². The lowest BCUT2D eigenvalue weighted by Crippen LogP contribution is -2.19. The summed E-state index contributed by atoms with van der Waals surface area (Å²) in [5.41, 5.74) is 1.11. The first-order valence-corrected chi connectivity index (χ1v) is 15.4. The van der Waals surface area contributed by atoms with Gasteiger partial charge in [-0.1, -0.05) is 18.2 Å². The molecule has 4 rings (SSSR count). The molecule has 0 radical (unpaired) electrons. The van der Waals surface area contributed by atoms with Gasteiger partial charge in [0.1, 0.15) is 11.5 Å². The van der Waals surface area contributed by atoms with Gasteiger partial charge in [-0.2, -0.15) is 0 Å². The van der Waals surface area contributed by atoms with Gasteiger partial charge in [0.25, 0.3) is 26.0 Å². The highest BCUT2D eigenvalue weighted by Gasteiger charge is 2.21. The molecular weight excluding hydrogens is 566 g/mol. The van der Waals surface area contributed by atoms with E-state index < -0.39 is 26.0 Å². The second-order valence-corrected chi connectivity index (χ2v) is 12.2. The molecule has 0 aliphatic rings. The fourth-order valence-corrected chi connectivity index (χ4v) is 6.30. The lowest BCUT2D eigenvalue weighted by molar-refractivity contribution is 0.102. The van der Waals surface area contributed by atoms with E-state index in [-0.39, 0.29) is 26.7 Å². The van der Waals surface area contributed by atoms with Crippen molar-refractivity contribution < 1.29 is 31.1 Å². The summed E-state index contributed by atoms with van der Waals surface area (Å²) in [5.74, 6) is 0.478. The van der Waals surface area contributed by atoms with Crippen molar-refractivity contribution in [3.63, 3.8) is 0 Å². The second kappa shape index (κ2) is 12.3. The first kappa shape index (κ1) is 29.4. The summed E-state index contributed by atoms with van der Waals surface area (Å²) in [7, 11) is -6.51. The highest BCUT2D eigenvalue weighted by molar-refractivity contribution is 7.93. The summed E-state index contributed by atoms with van der Waals surface area (Å²) < 4.78 is 67.8. The number of amides is 1. The number of nitrogens with one attached hydrogen (secondary N) is 3. The number of hydrogen-bond acceptors (Lipinski definition) is 7. The fourth-order valence-electron chi connectivity index (χ4n) is 3.89. The van der Waals surface area contributed by atoms with Crippen molar-refractivity contribution in [2.24, 2.45) is 0 Å². The maximum absolute atomic E-state index is 13.2. The van der Waals surface area contributed by atoms with Crippen LogP contribution in [-0.2, 0) is 20.0 Å². The fraction of sp³-hybridized carbons (Fsp3) is 0.138. The number of carbonyl (C=O) groups excluding carboxylic acids is 1. The van der Waals surface area contributed by atoms with Crippen LogP contribution in [0.3, 0.4) is 0 Å². The molecule has 0 fully saturated rings. The van der Waals surface area contributed by atoms with Crippen molar-refractivity contribution in [1.29, 1.82) is 0 Å². The Morgan fingerprint density at radius 2 is 1.39 bits per heavy atom. The molecule has 1 amide bonds. The highest BCUT2D eigenvalue weighted by Crippen LogP contribution is 2.26. The van der Waals surface area contributed by atoms with E-state index in [4.69, 9.17) is 9.47 Å². The number of aryl methyl sites for hydroxylation is 1. The molecule has 4 aromatic carbocycles. The van der Waals surface area contributed by atoms with E-state index in [0.717, 1.165) is 0 Å². The SMILES string of the molecule is CCOc1ccc(S(=O)(=O)Nc2ccccc2C(=O)Nc2ccc(C)c(S(=O)(=O)Nc3ccc(OC)cc3)c2)cc1. The second-order valence-electron chi connectivity index (χ2n) is 8.82. The Morgan fingerprint density at radius 1 is 0.756 bits per heavy atom. The van der Waals surface area contributed by atoms with E-state index in [0.29, 0.717) is 29.4 Å². The third kappa shape index (κ3) is 7.16. The predicted molar refractivity (Wildman–Crippen MR) is 158 cm³/mol. The van der Waals surface area contributed by atoms with Crippen molar-refractivity contribution >= 4 is 43.0 Å². The van der Waals surface area contributed by atoms with Crippen LogP contribution in [0.2, 0.25) is 0 Å². The topological polar surface area (TPSA) is 140 Å². The van der Waals surface area contributed by atoms with E-state index >= 15 is 0 Å². The predicted octanol–water partition coefficient (Wildman–Crippen LogP) is 5.26. The number of para-hydroxylation sites is 1. The molecular formula is C29H29N3O7S2. The Morgan fingerprint density at radius 3 is 2.05 bits per heavy atom. The molecule has 0 aliphatic heterocycles. The normalized spacial score (nSPS) is 11.4. The van der Waals surface area contributed by atoms with Crippen LogP contribution in [0, 0.1) is 6.92 Å². The van der Waals surface area contributed by atoms with Crippen LogP contribution in [0.4, 0.5) is 17.1 Å². The van der Waals surface area contributed by atoms with Crippen molar-refractivity contribution in [2.45, 2.75) is 23.6 Å². The molecule has 10 nitrogen and oxygen atoms in total. The third-order valence-corrected chi connectivity index (χ3v) is 8.84. The van der Waals surface area contributed by atoms with E-state index in [9.17, 15) is 21.6 Å². The summed E-state index contributed by atoms with van der Waals surface area (Å²) in [4.78, 5) is 13.2. The van der Waals surface area contributed by atoms with Crippen molar-refractivity contribution in [1.82, 2.24) is 0 Å². The Hall–Kier alpha value is -4.55. The first-order chi connectivity index (χ1) is 19.5. The van der Waals surface area contributed by atoms with Crippen LogP contribution in [0.1, 0.15) is 22.8 Å². The molecule has 0 aliphatic carbocycles. The van der Waals surface area contributed by atoms with Crippen LogP contribution >= 0.6 is 0 Å². The Labute approximate surface area is 239 Å². The molecule has 3 N–H and O–H groups in total. The zero-order chi connectivity index (χ0) is 29.6. The lowest BCUT2D eigenvalue weighted by Gasteiger charge is -2.15. The molecule has 12 heteroatoms. The molecule has 41 heavy (non-hydrogen) atoms. The quantitative estimate of drug-likeness (QED) is 0.215. The molecule has 0 heterocycles. The zero-order valence-corrected chi connectivity index (χ0v) is 24.2. The van der Waals surface area contributed by atoms with Gasteiger partial charge in [0.15, 0.2) is 0 Å². The van der Waals surface area contributed by atoms with Gasteiger partial charge in [-0.25, -0.2) is 16.8 Å². The smallest absolute Gasteiger partial charge is 0.262 e. The van der Waals surface area contributed by atoms with Crippen molar-refractivity contribution in [3.8, 4) is 11.5 Å². The minimum atomic E-state index is -4.02. The summed E-state index contributed by atoms with van der Waals surface area (Å²) in [6.07, 6.45) is 0. The minimum absolute atomic E-state index is 0.00564. The van der Waals surface area contributed by atoms with E-state index in [1.54, 1.807) is 67.6 Å². The molecule has 4 aromatic rings. The number of rotatable bonds is 11. The lowest BCUT2D eigenvalue weighted by atomic mass is 10.1. The summed E-state index contributed by atoms with van der Waals surface area (Å²) in [6.45, 7) is 3.91. The van der Waals surface area contributed by atoms with Gasteiger partial charge >= 0.3 is 0 Å². The Balaban J connectivity index is 1.55. The van der Waals surface area contributed by atoms with Crippen LogP contribution in [-0.4, -0.2) is 36.5 Å². The number of hydrogen-bond donors (Lipinski definition) is 3. The van der Waals surface area contributed by atoms with Gasteiger partial charge in [0, 0.05) is 11.4 Å². The average molecular weight is 596 g/mol. The van der Waals surface area contributed by atoms with E-state index in [2.05, 4.69) is 14.8 Å². The zero-order valence-electron chi connectivity index (χ0n) is 22.5. The monoisotopic (exact) mass is 595 g/mol. The molecule has 0 saturated heterocycles. The molecule has 214 valence electrons. The Kier molecular flexibility index (Phi) is 8.84. The number of benzene rings is 4. The van der Waals surface area contributed by atoms with Gasteiger partial charge in [0.2, 0.25) is 0 Å². The third-order valence-electron chi connectivity index (χ3n) is 5.94. The first-order valence-electron chi connectivity index (χ1n) is 12.5. The van der Waals surface area contributed by atoms with Gasteiger partial charge in [-0.05, 0) is 92.2 Å². The molecule has 0 spiro atoms. The minimum Gasteiger partial charge on any atom is -0.497 e. The summed E-state index contributed by atoms with van der Waals surface area (Å²) >= 11 is 0. The van der Waals surface area contributed by atoms with Gasteiger partial charge in [0.05, 0.1) is 34.8 Å². The van der Waals surface area contributed by atoms with E-state index in [1.807, 2.05) is 6.92 Å². The van der Waals surface area contributed by atoms with Crippen LogP contribution in [0.5, 0.6) is 11.5 Å². The van der Waals surface area contributed by atoms with Gasteiger partial charge in [-0.3, -0.25) is 14.2 Å². The average Bonchev–Trinajstić information content (AvgIpc) is 2.95. The van der Waals surface area contributed by atoms with Crippen molar-refractivity contribution in [3.05, 3.63) is 102 Å². The van der Waals surface area contributed by atoms with Crippen molar-refractivity contribution in [2.75, 3.05) is 28.5 Å². The number of carbonyl (C=O) groups is 1. The molecule has 0 unspecified atom stereocenters. The summed E-state index contributed by atoms with van der Waals surface area (Å²) in [5, 5.41) is 2.67. The molecule has 0 bridgehead atoms. The number of sulfonamides is 2. The number of ether oxygens (including phenoxy) is 2. The molecule has 0 atom stereocenters. The maximum atomic E-state index is 13.2. The Bertz CT molecular complexity index is 1760. The summed E-state index contributed by atoms with van der Waals surface area (Å²) in [6, 6.07) is 22.9. The number of anilines is 3. The van der Waals surface area contributed by atoms with E-state index in [1.165, 1.54) is 37.4 Å². The largest absolute Gasteiger partial charge is 0.497 e. The highest BCUT2D eigenvalue weighted by atomic mass is 32.2. The number of methoxy groups -OCH3 is 1. The van der Waals surface area contributed by atoms with Crippen LogP contribution in [0.25, 0.3) is 0 Å². The van der Waals surface area contributed by atoms with Gasteiger partial charge in [-0.15, -0.1) is 0 Å². The maximum Gasteiger partial charge on any atom is 0.262 e. The van der Waals surface area contributed by atoms with Crippen LogP contribution in [0.15, 0.2) is 101 Å².